The summed E-state index contributed by atoms with van der Waals surface area (Å²) in [6, 6.07) is 8.65. The molecule has 2 heterocycles. The molecule has 3 rings (SSSR count). The Balaban J connectivity index is 1.73. The zero-order valence-electron chi connectivity index (χ0n) is 12.7. The number of aryl methyl sites for hydroxylation is 1. The Morgan fingerprint density at radius 2 is 2.14 bits per heavy atom. The molecule has 1 saturated heterocycles. The standard InChI is InChI=1S/C17H24N2O2/c1-2-18-16-12-21-11-15(16)17(20)19-9-5-8-13-6-3-4-7-14(13)10-19/h3-4,6-7,15-16,18H,2,5,8-12H2,1H3. The van der Waals surface area contributed by atoms with Crippen LogP contribution in [-0.4, -0.2) is 43.2 Å². The fourth-order valence-electron chi connectivity index (χ4n) is 3.38. The third kappa shape index (κ3) is 3.11. The van der Waals surface area contributed by atoms with E-state index in [1.54, 1.807) is 0 Å². The third-order valence-electron chi connectivity index (χ3n) is 4.53. The maximum atomic E-state index is 12.9. The Morgan fingerprint density at radius 3 is 2.95 bits per heavy atom. The van der Waals surface area contributed by atoms with Gasteiger partial charge in [0.15, 0.2) is 0 Å². The average Bonchev–Trinajstić information content (AvgIpc) is 2.84. The van der Waals surface area contributed by atoms with Crippen LogP contribution in [0.2, 0.25) is 0 Å². The van der Waals surface area contributed by atoms with Crippen LogP contribution in [0.4, 0.5) is 0 Å². The topological polar surface area (TPSA) is 41.6 Å². The number of nitrogens with one attached hydrogen (secondary N) is 1. The van der Waals surface area contributed by atoms with Crippen molar-refractivity contribution in [1.82, 2.24) is 10.2 Å². The molecule has 1 N–H and O–H groups in total. The quantitative estimate of drug-likeness (QED) is 0.918. The van der Waals surface area contributed by atoms with Gasteiger partial charge < -0.3 is 15.0 Å². The van der Waals surface area contributed by atoms with E-state index in [-0.39, 0.29) is 17.9 Å². The van der Waals surface area contributed by atoms with Crippen molar-refractivity contribution in [2.24, 2.45) is 5.92 Å². The number of carbonyl (C=O) groups excluding carboxylic acids is 1. The number of carbonyl (C=O) groups is 1. The van der Waals surface area contributed by atoms with Gasteiger partial charge in [-0.25, -0.2) is 0 Å². The maximum Gasteiger partial charge on any atom is 0.229 e. The van der Waals surface area contributed by atoms with E-state index < -0.39 is 0 Å². The first-order valence-electron chi connectivity index (χ1n) is 7.96. The minimum atomic E-state index is -0.0322. The van der Waals surface area contributed by atoms with E-state index in [1.807, 2.05) is 4.90 Å². The summed E-state index contributed by atoms with van der Waals surface area (Å²) in [6.45, 7) is 5.74. The van der Waals surface area contributed by atoms with Crippen LogP contribution < -0.4 is 5.32 Å². The lowest BCUT2D eigenvalue weighted by Gasteiger charge is -2.26. The van der Waals surface area contributed by atoms with Gasteiger partial charge in [-0.15, -0.1) is 0 Å². The highest BCUT2D eigenvalue weighted by Crippen LogP contribution is 2.23. The smallest absolute Gasteiger partial charge is 0.229 e. The zero-order chi connectivity index (χ0) is 14.7. The molecule has 4 heteroatoms. The van der Waals surface area contributed by atoms with Gasteiger partial charge in [-0.2, -0.15) is 0 Å². The molecule has 4 nitrogen and oxygen atoms in total. The van der Waals surface area contributed by atoms with Crippen LogP contribution in [0.5, 0.6) is 0 Å². The number of fused-ring (bicyclic) bond motifs is 1. The van der Waals surface area contributed by atoms with E-state index in [1.165, 1.54) is 11.1 Å². The van der Waals surface area contributed by atoms with Crippen LogP contribution in [0.15, 0.2) is 24.3 Å². The molecule has 0 saturated carbocycles. The summed E-state index contributed by atoms with van der Waals surface area (Å²) in [6.07, 6.45) is 2.11. The summed E-state index contributed by atoms with van der Waals surface area (Å²) in [5.74, 6) is 0.213. The van der Waals surface area contributed by atoms with E-state index in [2.05, 4.69) is 36.5 Å². The lowest BCUT2D eigenvalue weighted by atomic mass is 10.0. The third-order valence-corrected chi connectivity index (χ3v) is 4.53. The number of hydrogen-bond acceptors (Lipinski definition) is 3. The molecule has 1 aromatic carbocycles. The Labute approximate surface area is 126 Å². The molecule has 1 fully saturated rings. The molecule has 0 aliphatic carbocycles. The van der Waals surface area contributed by atoms with Gasteiger partial charge in [0.2, 0.25) is 5.91 Å². The van der Waals surface area contributed by atoms with Crippen molar-refractivity contribution in [3.8, 4) is 0 Å². The van der Waals surface area contributed by atoms with Crippen molar-refractivity contribution in [3.63, 3.8) is 0 Å². The van der Waals surface area contributed by atoms with Crippen LogP contribution in [0.3, 0.4) is 0 Å². The molecular weight excluding hydrogens is 264 g/mol. The summed E-state index contributed by atoms with van der Waals surface area (Å²) >= 11 is 0. The molecule has 1 amide bonds. The molecule has 114 valence electrons. The molecule has 1 aromatic rings. The van der Waals surface area contributed by atoms with Crippen molar-refractivity contribution >= 4 is 5.91 Å². The second-order valence-corrected chi connectivity index (χ2v) is 5.94. The predicted octanol–water partition coefficient (Wildman–Crippen LogP) is 1.59. The van der Waals surface area contributed by atoms with Crippen LogP contribution in [0.25, 0.3) is 0 Å². The second-order valence-electron chi connectivity index (χ2n) is 5.94. The van der Waals surface area contributed by atoms with Crippen LogP contribution >= 0.6 is 0 Å². The maximum absolute atomic E-state index is 12.9. The van der Waals surface area contributed by atoms with Crippen LogP contribution in [0.1, 0.15) is 24.5 Å². The number of benzene rings is 1. The van der Waals surface area contributed by atoms with Gasteiger partial charge in [0, 0.05) is 19.1 Å². The molecule has 2 aliphatic rings. The number of ether oxygens (including phenoxy) is 1. The Hall–Kier alpha value is -1.39. The minimum absolute atomic E-state index is 0.0322. The van der Waals surface area contributed by atoms with Crippen LogP contribution in [-0.2, 0) is 22.5 Å². The first-order chi connectivity index (χ1) is 10.3. The second kappa shape index (κ2) is 6.58. The van der Waals surface area contributed by atoms with Crippen molar-refractivity contribution in [3.05, 3.63) is 35.4 Å². The summed E-state index contributed by atoms with van der Waals surface area (Å²) < 4.78 is 5.52. The number of rotatable bonds is 3. The molecule has 2 unspecified atom stereocenters. The van der Waals surface area contributed by atoms with Gasteiger partial charge in [-0.1, -0.05) is 31.2 Å². The van der Waals surface area contributed by atoms with Gasteiger partial charge in [0.25, 0.3) is 0 Å². The highest BCUT2D eigenvalue weighted by atomic mass is 16.5. The number of nitrogens with zero attached hydrogens (tertiary/aromatic N) is 1. The van der Waals surface area contributed by atoms with E-state index >= 15 is 0 Å². The Morgan fingerprint density at radius 1 is 1.33 bits per heavy atom. The molecule has 21 heavy (non-hydrogen) atoms. The minimum Gasteiger partial charge on any atom is -0.379 e. The summed E-state index contributed by atoms with van der Waals surface area (Å²) in [5, 5.41) is 3.38. The largest absolute Gasteiger partial charge is 0.379 e. The van der Waals surface area contributed by atoms with E-state index in [0.29, 0.717) is 13.2 Å². The molecule has 0 spiro atoms. The summed E-state index contributed by atoms with van der Waals surface area (Å²) in [7, 11) is 0. The lowest BCUT2D eigenvalue weighted by Crippen LogP contribution is -2.45. The van der Waals surface area contributed by atoms with E-state index in [4.69, 9.17) is 4.74 Å². The average molecular weight is 288 g/mol. The first-order valence-corrected chi connectivity index (χ1v) is 7.96. The van der Waals surface area contributed by atoms with E-state index in [0.717, 1.165) is 32.5 Å². The SMILES string of the molecule is CCNC1COCC1C(=O)N1CCCc2ccccc2C1. The molecular formula is C17H24N2O2. The Kier molecular flexibility index (Phi) is 4.56. The monoisotopic (exact) mass is 288 g/mol. The van der Waals surface area contributed by atoms with Gasteiger partial charge >= 0.3 is 0 Å². The normalized spacial score (nSPS) is 25.5. The molecule has 0 aromatic heterocycles. The lowest BCUT2D eigenvalue weighted by molar-refractivity contribution is -0.136. The van der Waals surface area contributed by atoms with Crippen molar-refractivity contribution in [2.75, 3.05) is 26.3 Å². The number of hydrogen-bond donors (Lipinski definition) is 1. The molecule has 0 bridgehead atoms. The highest BCUT2D eigenvalue weighted by Gasteiger charge is 2.36. The number of amides is 1. The van der Waals surface area contributed by atoms with Gasteiger partial charge in [-0.3, -0.25) is 4.79 Å². The highest BCUT2D eigenvalue weighted by molar-refractivity contribution is 5.80. The van der Waals surface area contributed by atoms with Crippen molar-refractivity contribution in [1.29, 1.82) is 0 Å². The fraction of sp³-hybridized carbons (Fsp3) is 0.588. The van der Waals surface area contributed by atoms with Crippen LogP contribution in [0, 0.1) is 5.92 Å². The molecule has 0 radical (unpaired) electrons. The zero-order valence-corrected chi connectivity index (χ0v) is 12.7. The Bertz CT molecular complexity index is 503. The van der Waals surface area contributed by atoms with Crippen molar-refractivity contribution < 1.29 is 9.53 Å². The first kappa shape index (κ1) is 14.5. The van der Waals surface area contributed by atoms with Gasteiger partial charge in [0.05, 0.1) is 19.1 Å². The predicted molar refractivity (Wildman–Crippen MR) is 82.0 cm³/mol. The van der Waals surface area contributed by atoms with Gasteiger partial charge in [-0.05, 0) is 30.5 Å². The summed E-state index contributed by atoms with van der Waals surface area (Å²) in [5.41, 5.74) is 2.68. The van der Waals surface area contributed by atoms with Crippen molar-refractivity contribution in [2.45, 2.75) is 32.4 Å². The molecule has 2 aliphatic heterocycles. The fourth-order valence-corrected chi connectivity index (χ4v) is 3.38. The van der Waals surface area contributed by atoms with E-state index in [9.17, 15) is 4.79 Å². The number of likely N-dealkylation sites (N-methyl/N-ethyl adjacent to an activating group) is 1. The summed E-state index contributed by atoms with van der Waals surface area (Å²) in [4.78, 5) is 14.9. The molecule has 2 atom stereocenters. The van der Waals surface area contributed by atoms with Gasteiger partial charge in [0.1, 0.15) is 0 Å².